The summed E-state index contributed by atoms with van der Waals surface area (Å²) in [4.78, 5) is 35.8. The van der Waals surface area contributed by atoms with Crippen molar-refractivity contribution in [2.45, 2.75) is 18.9 Å². The topological polar surface area (TPSA) is 114 Å². The Bertz CT molecular complexity index is 1060. The lowest BCUT2D eigenvalue weighted by Gasteiger charge is -2.27. The Morgan fingerprint density at radius 2 is 1.87 bits per heavy atom. The Morgan fingerprint density at radius 1 is 1.20 bits per heavy atom. The van der Waals surface area contributed by atoms with Crippen molar-refractivity contribution in [1.29, 1.82) is 0 Å². The van der Waals surface area contributed by atoms with Gasteiger partial charge in [-0.05, 0) is 37.1 Å². The van der Waals surface area contributed by atoms with E-state index in [2.05, 4.69) is 0 Å². The number of carbonyl (C=O) groups excluding carboxylic acids is 3. The van der Waals surface area contributed by atoms with Crippen molar-refractivity contribution in [2.24, 2.45) is 0 Å². The summed E-state index contributed by atoms with van der Waals surface area (Å²) in [7, 11) is 0. The van der Waals surface area contributed by atoms with Gasteiger partial charge in [0.15, 0.2) is 0 Å². The third kappa shape index (κ3) is 4.70. The van der Waals surface area contributed by atoms with E-state index in [9.17, 15) is 24.6 Å². The highest BCUT2D eigenvalue weighted by molar-refractivity contribution is 8.26. The van der Waals surface area contributed by atoms with E-state index in [1.54, 1.807) is 30.3 Å². The minimum atomic E-state index is -1.61. The number of carboxylic acids is 2. The Labute approximate surface area is 190 Å². The molecule has 1 aliphatic rings. The van der Waals surface area contributed by atoms with Crippen LogP contribution in [0, 0.1) is 0 Å². The lowest BCUT2D eigenvalue weighted by atomic mass is 10.1. The molecule has 3 rings (SSSR count). The molecule has 2 aromatic rings. The van der Waals surface area contributed by atoms with Gasteiger partial charge in [0, 0.05) is 12.0 Å². The molecule has 11 heteroatoms. The van der Waals surface area contributed by atoms with Crippen LogP contribution in [0.15, 0.2) is 39.7 Å². The Balaban J connectivity index is 1.86. The summed E-state index contributed by atoms with van der Waals surface area (Å²) in [6.07, 6.45) is 0.452. The van der Waals surface area contributed by atoms with Crippen LogP contribution >= 0.6 is 47.2 Å². The molecule has 1 aromatic heterocycles. The van der Waals surface area contributed by atoms with E-state index >= 15 is 0 Å². The quantitative estimate of drug-likeness (QED) is 0.434. The smallest absolute Gasteiger partial charge is 0.266 e. The van der Waals surface area contributed by atoms with Gasteiger partial charge in [-0.2, -0.15) is 0 Å². The van der Waals surface area contributed by atoms with Crippen LogP contribution in [0.4, 0.5) is 0 Å². The molecule has 7 nitrogen and oxygen atoms in total. The van der Waals surface area contributed by atoms with E-state index in [0.29, 0.717) is 27.1 Å². The highest BCUT2D eigenvalue weighted by atomic mass is 35.5. The van der Waals surface area contributed by atoms with Gasteiger partial charge in [-0.3, -0.25) is 9.69 Å². The zero-order chi connectivity index (χ0) is 22.0. The van der Waals surface area contributed by atoms with Crippen LogP contribution in [0.1, 0.15) is 18.6 Å². The summed E-state index contributed by atoms with van der Waals surface area (Å²) in [5.41, 5.74) is 0.493. The summed E-state index contributed by atoms with van der Waals surface area (Å²) < 4.78 is 5.68. The van der Waals surface area contributed by atoms with Crippen LogP contribution in [0.5, 0.6) is 0 Å². The first kappa shape index (κ1) is 22.4. The summed E-state index contributed by atoms with van der Waals surface area (Å²) in [5.74, 6) is -3.06. The van der Waals surface area contributed by atoms with Crippen molar-refractivity contribution >= 4 is 75.4 Å². The SMILES string of the molecule is O=C([O-])CCC(C(=O)[O-])N1C(=O)C(=Cc2ccc(-c3c(Cl)cccc3Cl)o2)SC1=S. The van der Waals surface area contributed by atoms with Crippen molar-refractivity contribution < 1.29 is 29.0 Å². The molecule has 30 heavy (non-hydrogen) atoms. The molecule has 0 N–H and O–H groups in total. The number of rotatable bonds is 7. The lowest BCUT2D eigenvalue weighted by Crippen LogP contribution is -2.50. The van der Waals surface area contributed by atoms with Gasteiger partial charge in [0.2, 0.25) is 0 Å². The summed E-state index contributed by atoms with van der Waals surface area (Å²) in [6, 6.07) is 6.70. The van der Waals surface area contributed by atoms with Gasteiger partial charge >= 0.3 is 0 Å². The molecule has 156 valence electrons. The summed E-state index contributed by atoms with van der Waals surface area (Å²) in [5, 5.41) is 22.9. The van der Waals surface area contributed by atoms with E-state index in [1.807, 2.05) is 0 Å². The van der Waals surface area contributed by atoms with E-state index < -0.39 is 30.3 Å². The average molecular weight is 484 g/mol. The Kier molecular flexibility index (Phi) is 6.87. The number of carboxylic acid groups (broad SMARTS) is 2. The van der Waals surface area contributed by atoms with E-state index in [4.69, 9.17) is 39.8 Å². The number of hydrogen-bond acceptors (Lipinski definition) is 8. The van der Waals surface area contributed by atoms with Crippen LogP contribution in [0.2, 0.25) is 10.0 Å². The second-order valence-corrected chi connectivity index (χ2v) is 8.59. The van der Waals surface area contributed by atoms with Crippen LogP contribution in [-0.2, 0) is 14.4 Å². The van der Waals surface area contributed by atoms with Crippen molar-refractivity contribution in [3.63, 3.8) is 0 Å². The van der Waals surface area contributed by atoms with Crippen LogP contribution in [0.25, 0.3) is 17.4 Å². The molecular formula is C19H11Cl2NO6S2-2. The first-order valence-electron chi connectivity index (χ1n) is 8.41. The number of hydrogen-bond donors (Lipinski definition) is 0. The molecule has 0 bridgehead atoms. The Morgan fingerprint density at radius 3 is 2.47 bits per heavy atom. The van der Waals surface area contributed by atoms with Crippen LogP contribution in [0.3, 0.4) is 0 Å². The van der Waals surface area contributed by atoms with Crippen LogP contribution in [-0.4, -0.2) is 33.1 Å². The molecule has 0 spiro atoms. The molecule has 0 aliphatic carbocycles. The fourth-order valence-corrected chi connectivity index (χ4v) is 4.70. The molecule has 1 atom stereocenters. The molecule has 1 aliphatic heterocycles. The molecule has 1 aromatic carbocycles. The van der Waals surface area contributed by atoms with Gasteiger partial charge in [-0.25, -0.2) is 0 Å². The molecule has 1 unspecified atom stereocenters. The van der Waals surface area contributed by atoms with Crippen molar-refractivity contribution in [3.8, 4) is 11.3 Å². The van der Waals surface area contributed by atoms with Gasteiger partial charge in [-0.1, -0.05) is 53.2 Å². The fraction of sp³-hybridized carbons (Fsp3) is 0.158. The van der Waals surface area contributed by atoms with Crippen molar-refractivity contribution in [2.75, 3.05) is 0 Å². The zero-order valence-corrected chi connectivity index (χ0v) is 18.1. The number of amides is 1. The number of benzene rings is 1. The predicted octanol–water partition coefficient (Wildman–Crippen LogP) is 2.10. The van der Waals surface area contributed by atoms with E-state index in [-0.39, 0.29) is 15.6 Å². The lowest BCUT2D eigenvalue weighted by molar-refractivity contribution is -0.311. The molecule has 0 saturated carbocycles. The van der Waals surface area contributed by atoms with Crippen molar-refractivity contribution in [1.82, 2.24) is 4.90 Å². The van der Waals surface area contributed by atoms with Crippen molar-refractivity contribution in [3.05, 3.63) is 51.0 Å². The van der Waals surface area contributed by atoms with E-state index in [0.717, 1.165) is 16.7 Å². The Hall–Kier alpha value is -2.33. The minimum absolute atomic E-state index is 0.0280. The molecule has 1 amide bonds. The second kappa shape index (κ2) is 9.22. The average Bonchev–Trinajstić information content (AvgIpc) is 3.21. The first-order chi connectivity index (χ1) is 14.2. The zero-order valence-electron chi connectivity index (χ0n) is 14.9. The number of thiocarbonyl (C=S) groups is 1. The number of aliphatic carboxylic acids is 2. The number of furan rings is 1. The normalized spacial score (nSPS) is 16.3. The number of halogens is 2. The van der Waals surface area contributed by atoms with Gasteiger partial charge in [0.25, 0.3) is 5.91 Å². The maximum Gasteiger partial charge on any atom is 0.266 e. The second-order valence-electron chi connectivity index (χ2n) is 6.10. The molecular weight excluding hydrogens is 473 g/mol. The first-order valence-corrected chi connectivity index (χ1v) is 10.4. The highest BCUT2D eigenvalue weighted by Crippen LogP contribution is 2.38. The van der Waals surface area contributed by atoms with E-state index in [1.165, 1.54) is 6.08 Å². The fourth-order valence-electron chi connectivity index (χ4n) is 2.78. The monoisotopic (exact) mass is 483 g/mol. The van der Waals surface area contributed by atoms with Gasteiger partial charge in [-0.15, -0.1) is 0 Å². The predicted molar refractivity (Wildman–Crippen MR) is 112 cm³/mol. The maximum atomic E-state index is 12.7. The number of thioether (sulfide) groups is 1. The third-order valence-corrected chi connectivity index (χ3v) is 6.10. The van der Waals surface area contributed by atoms with Crippen LogP contribution < -0.4 is 10.2 Å². The summed E-state index contributed by atoms with van der Waals surface area (Å²) in [6.45, 7) is 0. The molecule has 1 fully saturated rings. The number of carbonyl (C=O) groups is 3. The third-order valence-electron chi connectivity index (χ3n) is 4.14. The highest BCUT2D eigenvalue weighted by Gasteiger charge is 2.37. The molecule has 2 heterocycles. The number of nitrogens with zero attached hydrogens (tertiary/aromatic N) is 1. The molecule has 0 radical (unpaired) electrons. The standard InChI is InChI=1S/C19H13Cl2NO6S2/c20-10-2-1-3-11(21)16(10)13-6-4-9(28-13)8-14-17(25)22(19(29)30-14)12(18(26)27)5-7-15(23)24/h1-4,6,8,12H,5,7H2,(H,23,24)(H,26,27)/p-2. The summed E-state index contributed by atoms with van der Waals surface area (Å²) >= 11 is 18.3. The maximum absolute atomic E-state index is 12.7. The molecule has 1 saturated heterocycles. The largest absolute Gasteiger partial charge is 0.550 e. The minimum Gasteiger partial charge on any atom is -0.550 e. The van der Waals surface area contributed by atoms with Gasteiger partial charge < -0.3 is 24.2 Å². The van der Waals surface area contributed by atoms with Gasteiger partial charge in [0.1, 0.15) is 15.8 Å². The van der Waals surface area contributed by atoms with Gasteiger partial charge in [0.05, 0.1) is 32.5 Å².